The molecule has 1 aliphatic rings. The quantitative estimate of drug-likeness (QED) is 0.792. The van der Waals surface area contributed by atoms with Crippen molar-refractivity contribution in [2.45, 2.75) is 38.3 Å². The molecule has 1 aromatic rings. The molecule has 0 amide bonds. The molecule has 2 N–H and O–H groups in total. The molecule has 0 bridgehead atoms. The summed E-state index contributed by atoms with van der Waals surface area (Å²) < 4.78 is 28.2. The van der Waals surface area contributed by atoms with Crippen molar-refractivity contribution in [1.82, 2.24) is 19.6 Å². The summed E-state index contributed by atoms with van der Waals surface area (Å²) in [6.07, 6.45) is 7.61. The molecule has 19 heavy (non-hydrogen) atoms. The van der Waals surface area contributed by atoms with Crippen LogP contribution in [-0.2, 0) is 23.6 Å². The molecule has 108 valence electrons. The zero-order valence-corrected chi connectivity index (χ0v) is 12.1. The Morgan fingerprint density at radius 3 is 3.00 bits per heavy atom. The van der Waals surface area contributed by atoms with E-state index in [9.17, 15) is 8.42 Å². The minimum Gasteiger partial charge on any atom is -0.337 e. The van der Waals surface area contributed by atoms with Gasteiger partial charge in [0, 0.05) is 25.5 Å². The predicted octanol–water partition coefficient (Wildman–Crippen LogP) is 0.372. The zero-order chi connectivity index (χ0) is 13.7. The number of hydrogen-bond donors (Lipinski definition) is 2. The van der Waals surface area contributed by atoms with Crippen molar-refractivity contribution >= 4 is 10.0 Å². The standard InChI is InChI=1S/C12H22N4O2S/c1-16-8-7-14-12(16)10-15-19(17,18)9-5-11-4-2-3-6-13-11/h7-8,11,13,15H,2-6,9-10H2,1H3. The second-order valence-corrected chi connectivity index (χ2v) is 6.96. The smallest absolute Gasteiger partial charge is 0.212 e. The third kappa shape index (κ3) is 4.59. The van der Waals surface area contributed by atoms with Crippen LogP contribution in [0.4, 0.5) is 0 Å². The zero-order valence-electron chi connectivity index (χ0n) is 11.3. The van der Waals surface area contributed by atoms with E-state index < -0.39 is 10.0 Å². The van der Waals surface area contributed by atoms with E-state index in [4.69, 9.17) is 0 Å². The number of aryl methyl sites for hydroxylation is 1. The Hall–Kier alpha value is -0.920. The SMILES string of the molecule is Cn1ccnc1CNS(=O)(=O)CCC1CCCCN1. The van der Waals surface area contributed by atoms with Crippen molar-refractivity contribution in [3.8, 4) is 0 Å². The third-order valence-corrected chi connectivity index (χ3v) is 4.88. The Morgan fingerprint density at radius 2 is 2.37 bits per heavy atom. The Morgan fingerprint density at radius 1 is 1.53 bits per heavy atom. The average molecular weight is 286 g/mol. The molecule has 0 radical (unpaired) electrons. The number of rotatable bonds is 6. The van der Waals surface area contributed by atoms with Crippen LogP contribution in [0, 0.1) is 0 Å². The summed E-state index contributed by atoms with van der Waals surface area (Å²) in [5.74, 6) is 0.897. The summed E-state index contributed by atoms with van der Waals surface area (Å²) in [5.41, 5.74) is 0. The van der Waals surface area contributed by atoms with Crippen LogP contribution >= 0.6 is 0 Å². The molecule has 0 saturated carbocycles. The topological polar surface area (TPSA) is 76.0 Å². The lowest BCUT2D eigenvalue weighted by Crippen LogP contribution is -2.37. The van der Waals surface area contributed by atoms with Crippen LogP contribution in [-0.4, -0.2) is 36.3 Å². The highest BCUT2D eigenvalue weighted by atomic mass is 32.2. The molecule has 1 saturated heterocycles. The lowest BCUT2D eigenvalue weighted by Gasteiger charge is -2.23. The number of hydrogen-bond acceptors (Lipinski definition) is 4. The number of aromatic nitrogens is 2. The fraction of sp³-hybridized carbons (Fsp3) is 0.750. The molecule has 2 rings (SSSR count). The van der Waals surface area contributed by atoms with E-state index in [0.717, 1.165) is 18.8 Å². The second kappa shape index (κ2) is 6.49. The van der Waals surface area contributed by atoms with Crippen molar-refractivity contribution < 1.29 is 8.42 Å². The molecule has 6 nitrogen and oxygen atoms in total. The van der Waals surface area contributed by atoms with E-state index in [1.807, 2.05) is 11.6 Å². The minimum absolute atomic E-state index is 0.176. The minimum atomic E-state index is -3.22. The summed E-state index contributed by atoms with van der Waals surface area (Å²) >= 11 is 0. The van der Waals surface area contributed by atoms with Gasteiger partial charge in [0.1, 0.15) is 5.82 Å². The van der Waals surface area contributed by atoms with E-state index in [2.05, 4.69) is 15.0 Å². The van der Waals surface area contributed by atoms with Crippen LogP contribution in [0.25, 0.3) is 0 Å². The van der Waals surface area contributed by atoms with Crippen molar-refractivity contribution in [3.05, 3.63) is 18.2 Å². The fourth-order valence-electron chi connectivity index (χ4n) is 2.28. The van der Waals surface area contributed by atoms with E-state index in [0.29, 0.717) is 12.5 Å². The Labute approximate surface area is 114 Å². The fourth-order valence-corrected chi connectivity index (χ4v) is 3.37. The molecule has 0 aliphatic carbocycles. The third-order valence-electron chi connectivity index (χ3n) is 3.52. The number of piperidine rings is 1. The van der Waals surface area contributed by atoms with Gasteiger partial charge < -0.3 is 9.88 Å². The second-order valence-electron chi connectivity index (χ2n) is 5.03. The average Bonchev–Trinajstić information content (AvgIpc) is 2.81. The van der Waals surface area contributed by atoms with Crippen LogP contribution in [0.2, 0.25) is 0 Å². The highest BCUT2D eigenvalue weighted by molar-refractivity contribution is 7.89. The monoisotopic (exact) mass is 286 g/mol. The maximum absolute atomic E-state index is 11.9. The number of nitrogens with zero attached hydrogens (tertiary/aromatic N) is 2. The highest BCUT2D eigenvalue weighted by Gasteiger charge is 2.17. The van der Waals surface area contributed by atoms with Crippen LogP contribution < -0.4 is 10.0 Å². The van der Waals surface area contributed by atoms with Gasteiger partial charge in [0.25, 0.3) is 0 Å². The van der Waals surface area contributed by atoms with Gasteiger partial charge in [0.05, 0.1) is 12.3 Å². The molecule has 0 aromatic carbocycles. The first-order chi connectivity index (χ1) is 9.07. The Kier molecular flexibility index (Phi) is 4.95. The van der Waals surface area contributed by atoms with E-state index in [1.54, 1.807) is 12.4 Å². The van der Waals surface area contributed by atoms with Gasteiger partial charge >= 0.3 is 0 Å². The van der Waals surface area contributed by atoms with Crippen molar-refractivity contribution in [1.29, 1.82) is 0 Å². The number of imidazole rings is 1. The largest absolute Gasteiger partial charge is 0.337 e. The van der Waals surface area contributed by atoms with Gasteiger partial charge in [-0.25, -0.2) is 18.1 Å². The Bertz CT molecular complexity index is 492. The number of sulfonamides is 1. The van der Waals surface area contributed by atoms with Crippen molar-refractivity contribution in [2.24, 2.45) is 7.05 Å². The van der Waals surface area contributed by atoms with Gasteiger partial charge in [-0.05, 0) is 25.8 Å². The number of nitrogens with one attached hydrogen (secondary N) is 2. The normalized spacial score (nSPS) is 20.6. The molecule has 1 unspecified atom stereocenters. The van der Waals surface area contributed by atoms with Gasteiger partial charge in [-0.3, -0.25) is 0 Å². The van der Waals surface area contributed by atoms with Crippen molar-refractivity contribution in [3.63, 3.8) is 0 Å². The molecule has 1 fully saturated rings. The summed E-state index contributed by atoms with van der Waals surface area (Å²) in [4.78, 5) is 4.09. The van der Waals surface area contributed by atoms with Crippen LogP contribution in [0.3, 0.4) is 0 Å². The van der Waals surface area contributed by atoms with E-state index >= 15 is 0 Å². The molecule has 1 aliphatic heterocycles. The maximum Gasteiger partial charge on any atom is 0.212 e. The van der Waals surface area contributed by atoms with Gasteiger partial charge in [0.2, 0.25) is 10.0 Å². The first kappa shape index (κ1) is 14.5. The van der Waals surface area contributed by atoms with Crippen molar-refractivity contribution in [2.75, 3.05) is 12.3 Å². The summed E-state index contributed by atoms with van der Waals surface area (Å²) in [6.45, 7) is 1.26. The highest BCUT2D eigenvalue weighted by Crippen LogP contribution is 2.10. The first-order valence-corrected chi connectivity index (χ1v) is 8.39. The van der Waals surface area contributed by atoms with E-state index in [-0.39, 0.29) is 12.3 Å². The summed E-state index contributed by atoms with van der Waals surface area (Å²) in [7, 11) is -1.37. The summed E-state index contributed by atoms with van der Waals surface area (Å²) in [5, 5.41) is 3.36. The van der Waals surface area contributed by atoms with Gasteiger partial charge in [0.15, 0.2) is 0 Å². The molecular formula is C12H22N4O2S. The Balaban J connectivity index is 1.76. The predicted molar refractivity (Wildman–Crippen MR) is 74.1 cm³/mol. The molecule has 2 heterocycles. The van der Waals surface area contributed by atoms with Gasteiger partial charge in [-0.1, -0.05) is 6.42 Å². The lowest BCUT2D eigenvalue weighted by molar-refractivity contribution is 0.392. The molecule has 1 atom stereocenters. The van der Waals surface area contributed by atoms with Gasteiger partial charge in [-0.15, -0.1) is 0 Å². The molecule has 1 aromatic heterocycles. The molecule has 7 heteroatoms. The van der Waals surface area contributed by atoms with E-state index in [1.165, 1.54) is 12.8 Å². The maximum atomic E-state index is 11.9. The summed E-state index contributed by atoms with van der Waals surface area (Å²) in [6, 6.07) is 0.346. The molecule has 0 spiro atoms. The lowest BCUT2D eigenvalue weighted by atomic mass is 10.0. The van der Waals surface area contributed by atoms with Crippen LogP contribution in [0.1, 0.15) is 31.5 Å². The van der Waals surface area contributed by atoms with Gasteiger partial charge in [-0.2, -0.15) is 0 Å². The van der Waals surface area contributed by atoms with Crippen LogP contribution in [0.15, 0.2) is 12.4 Å². The first-order valence-electron chi connectivity index (χ1n) is 6.74. The molecular weight excluding hydrogens is 264 g/mol. The van der Waals surface area contributed by atoms with Crippen LogP contribution in [0.5, 0.6) is 0 Å².